The zero-order chi connectivity index (χ0) is 30.7. The second-order valence-corrected chi connectivity index (χ2v) is 13.0. The zero-order valence-corrected chi connectivity index (χ0v) is 25.9. The maximum atomic E-state index is 13.2. The van der Waals surface area contributed by atoms with Crippen LogP contribution in [0.15, 0.2) is 52.1 Å². The zero-order valence-electron chi connectivity index (χ0n) is 25.9. The van der Waals surface area contributed by atoms with Gasteiger partial charge in [-0.25, -0.2) is 4.79 Å². The smallest absolute Gasteiger partial charge is 0.331 e. The molecule has 0 radical (unpaired) electrons. The Balaban J connectivity index is 1.66. The van der Waals surface area contributed by atoms with E-state index >= 15 is 0 Å². The van der Waals surface area contributed by atoms with Crippen LogP contribution >= 0.6 is 0 Å². The van der Waals surface area contributed by atoms with Crippen molar-refractivity contribution in [2.24, 2.45) is 0 Å². The first-order valence-corrected chi connectivity index (χ1v) is 14.1. The highest BCUT2D eigenvalue weighted by Crippen LogP contribution is 2.28. The van der Waals surface area contributed by atoms with Gasteiger partial charge in [0, 0.05) is 11.8 Å². The molecule has 224 valence electrons. The average Bonchev–Trinajstić information content (AvgIpc) is 2.86. The number of hydrogen-bond donors (Lipinski definition) is 2. The molecule has 8 nitrogen and oxygen atoms in total. The van der Waals surface area contributed by atoms with Gasteiger partial charge in [0.25, 0.3) is 5.56 Å². The van der Waals surface area contributed by atoms with Crippen molar-refractivity contribution >= 4 is 0 Å². The lowest BCUT2D eigenvalue weighted by atomic mass is 9.86. The van der Waals surface area contributed by atoms with Crippen LogP contribution in [-0.2, 0) is 23.9 Å². The van der Waals surface area contributed by atoms with Crippen molar-refractivity contribution in [3.63, 3.8) is 0 Å². The number of hydrogen-bond acceptors (Lipinski definition) is 6. The highest BCUT2D eigenvalue weighted by Gasteiger charge is 2.19. The Morgan fingerprint density at radius 2 is 1.10 bits per heavy atom. The molecule has 2 N–H and O–H groups in total. The molecule has 0 spiro atoms. The summed E-state index contributed by atoms with van der Waals surface area (Å²) in [5, 5.41) is 21.3. The molecular weight excluding hydrogens is 520 g/mol. The molecule has 0 bridgehead atoms. The minimum absolute atomic E-state index is 0.00561. The van der Waals surface area contributed by atoms with E-state index in [-0.39, 0.29) is 37.1 Å². The number of aliphatic hydroxyl groups excluding tert-OH is 2. The van der Waals surface area contributed by atoms with Gasteiger partial charge in [-0.15, -0.1) is 0 Å². The summed E-state index contributed by atoms with van der Waals surface area (Å²) in [4.78, 5) is 25.9. The first-order valence-electron chi connectivity index (χ1n) is 14.1. The van der Waals surface area contributed by atoms with E-state index in [0.717, 1.165) is 15.7 Å². The van der Waals surface area contributed by atoms with Crippen molar-refractivity contribution < 1.29 is 19.7 Å². The average molecular weight is 567 g/mol. The topological polar surface area (TPSA) is 103 Å². The summed E-state index contributed by atoms with van der Waals surface area (Å²) in [5.74, 6) is 1.30. The highest BCUT2D eigenvalue weighted by atomic mass is 16.5. The second kappa shape index (κ2) is 12.7. The Kier molecular flexibility index (Phi) is 9.93. The van der Waals surface area contributed by atoms with Gasteiger partial charge in [0.2, 0.25) is 0 Å². The van der Waals surface area contributed by atoms with Crippen LogP contribution in [0.1, 0.15) is 69.5 Å². The van der Waals surface area contributed by atoms with E-state index in [1.165, 1.54) is 21.8 Å². The molecule has 2 atom stereocenters. The van der Waals surface area contributed by atoms with Crippen LogP contribution < -0.4 is 20.7 Å². The standard InChI is InChI=1S/C33H46N2O6/c1-21-14-24(32(4,5)6)10-12-28(21)40-19-26(36)17-34-23(3)16-30(38)35(31(34)39)18-27(37)20-41-29-13-11-25(15-22(29)2)33(7,8)9/h10-16,26-27,36-37H,17-20H2,1-9H3/t26-,27-/m1/s1. The van der Waals surface area contributed by atoms with Gasteiger partial charge in [-0.3, -0.25) is 13.9 Å². The molecular formula is C33H46N2O6. The molecule has 2 aromatic carbocycles. The molecule has 3 rings (SSSR count). The summed E-state index contributed by atoms with van der Waals surface area (Å²) in [7, 11) is 0. The first-order chi connectivity index (χ1) is 19.0. The monoisotopic (exact) mass is 566 g/mol. The van der Waals surface area contributed by atoms with Crippen molar-refractivity contribution in [2.45, 2.75) is 98.4 Å². The molecule has 0 aliphatic heterocycles. The largest absolute Gasteiger partial charge is 0.491 e. The lowest BCUT2D eigenvalue weighted by molar-refractivity contribution is 0.0836. The number of rotatable bonds is 10. The molecule has 1 aromatic heterocycles. The van der Waals surface area contributed by atoms with Gasteiger partial charge >= 0.3 is 5.69 Å². The van der Waals surface area contributed by atoms with Crippen molar-refractivity contribution in [3.05, 3.63) is 91.3 Å². The molecule has 0 saturated heterocycles. The molecule has 8 heteroatoms. The molecule has 0 aliphatic carbocycles. The highest BCUT2D eigenvalue weighted by molar-refractivity contribution is 5.39. The van der Waals surface area contributed by atoms with Crippen LogP contribution in [0.25, 0.3) is 0 Å². The van der Waals surface area contributed by atoms with Gasteiger partial charge in [-0.2, -0.15) is 0 Å². The lowest BCUT2D eigenvalue weighted by Gasteiger charge is -2.22. The van der Waals surface area contributed by atoms with Gasteiger partial charge in [-0.05, 0) is 66.0 Å². The van der Waals surface area contributed by atoms with Crippen LogP contribution in [0.5, 0.6) is 11.5 Å². The van der Waals surface area contributed by atoms with Crippen molar-refractivity contribution in [2.75, 3.05) is 13.2 Å². The number of nitrogens with zero attached hydrogens (tertiary/aromatic N) is 2. The molecule has 0 unspecified atom stereocenters. The van der Waals surface area contributed by atoms with Crippen LogP contribution in [0, 0.1) is 20.8 Å². The summed E-state index contributed by atoms with van der Waals surface area (Å²) in [6.45, 7) is 18.0. The predicted octanol–water partition coefficient (Wildman–Crippen LogP) is 4.41. The summed E-state index contributed by atoms with van der Waals surface area (Å²) in [6, 6.07) is 13.2. The van der Waals surface area contributed by atoms with E-state index in [1.807, 2.05) is 38.1 Å². The minimum Gasteiger partial charge on any atom is -0.491 e. The number of aromatic nitrogens is 2. The molecule has 0 saturated carbocycles. The predicted molar refractivity (Wildman–Crippen MR) is 162 cm³/mol. The van der Waals surface area contributed by atoms with Crippen LogP contribution in [0.2, 0.25) is 0 Å². The molecule has 3 aromatic rings. The van der Waals surface area contributed by atoms with E-state index in [9.17, 15) is 19.8 Å². The van der Waals surface area contributed by atoms with Crippen LogP contribution in [0.3, 0.4) is 0 Å². The SMILES string of the molecule is Cc1cc(C(C)(C)C)ccc1OC[C@H](O)Cn1c(C)cc(=O)n(C[C@@H](O)COc2ccc(C(C)(C)C)cc2C)c1=O. The number of ether oxygens (including phenoxy) is 2. The quantitative estimate of drug-likeness (QED) is 0.377. The Morgan fingerprint density at radius 3 is 1.49 bits per heavy atom. The molecule has 1 heterocycles. The van der Waals surface area contributed by atoms with Gasteiger partial charge in [-0.1, -0.05) is 65.8 Å². The summed E-state index contributed by atoms with van der Waals surface area (Å²) >= 11 is 0. The Morgan fingerprint density at radius 1 is 0.683 bits per heavy atom. The lowest BCUT2D eigenvalue weighted by Crippen LogP contribution is -2.45. The first kappa shape index (κ1) is 32.2. The van der Waals surface area contributed by atoms with Gasteiger partial charge < -0.3 is 19.7 Å². The third kappa shape index (κ3) is 8.33. The Hall–Kier alpha value is -3.36. The molecule has 0 amide bonds. The molecule has 0 aliphatic rings. The number of benzene rings is 2. The minimum atomic E-state index is -1.09. The van der Waals surface area contributed by atoms with E-state index in [0.29, 0.717) is 17.2 Å². The van der Waals surface area contributed by atoms with E-state index in [2.05, 4.69) is 53.7 Å². The van der Waals surface area contributed by atoms with Crippen LogP contribution in [0.4, 0.5) is 0 Å². The fourth-order valence-corrected chi connectivity index (χ4v) is 4.57. The molecule has 0 fully saturated rings. The third-order valence-electron chi connectivity index (χ3n) is 7.22. The normalized spacial score (nSPS) is 13.6. The van der Waals surface area contributed by atoms with Gasteiger partial charge in [0.1, 0.15) is 36.9 Å². The maximum absolute atomic E-state index is 13.2. The van der Waals surface area contributed by atoms with E-state index in [1.54, 1.807) is 6.92 Å². The number of aliphatic hydroxyl groups is 2. The van der Waals surface area contributed by atoms with E-state index in [4.69, 9.17) is 9.47 Å². The summed E-state index contributed by atoms with van der Waals surface area (Å²) < 4.78 is 14.0. The maximum Gasteiger partial charge on any atom is 0.331 e. The summed E-state index contributed by atoms with van der Waals surface area (Å²) in [6.07, 6.45) is -2.09. The second-order valence-electron chi connectivity index (χ2n) is 13.0. The van der Waals surface area contributed by atoms with Crippen molar-refractivity contribution in [3.8, 4) is 11.5 Å². The summed E-state index contributed by atoms with van der Waals surface area (Å²) in [5.41, 5.74) is 3.58. The Labute approximate surface area is 243 Å². The van der Waals surface area contributed by atoms with E-state index < -0.39 is 23.5 Å². The van der Waals surface area contributed by atoms with Crippen molar-refractivity contribution in [1.29, 1.82) is 0 Å². The fourth-order valence-electron chi connectivity index (χ4n) is 4.57. The van der Waals surface area contributed by atoms with Gasteiger partial charge in [0.05, 0.1) is 13.1 Å². The number of aryl methyl sites for hydroxylation is 3. The Bertz CT molecular complexity index is 1470. The van der Waals surface area contributed by atoms with Gasteiger partial charge in [0.15, 0.2) is 0 Å². The fraction of sp³-hybridized carbons (Fsp3) is 0.515. The van der Waals surface area contributed by atoms with Crippen LogP contribution in [-0.4, -0.2) is 44.8 Å². The van der Waals surface area contributed by atoms with Crippen molar-refractivity contribution in [1.82, 2.24) is 9.13 Å². The molecule has 41 heavy (non-hydrogen) atoms. The third-order valence-corrected chi connectivity index (χ3v) is 7.22.